The third-order valence-corrected chi connectivity index (χ3v) is 5.24. The molecular formula is C20H26N2O4. The number of hydrogen-bond donors (Lipinski definition) is 0. The summed E-state index contributed by atoms with van der Waals surface area (Å²) in [5.41, 5.74) is 0.639. The second-order valence-corrected chi connectivity index (χ2v) is 6.93. The highest BCUT2D eigenvalue weighted by Gasteiger charge is 2.32. The molecule has 1 aromatic carbocycles. The van der Waals surface area contributed by atoms with E-state index >= 15 is 0 Å². The van der Waals surface area contributed by atoms with Gasteiger partial charge in [-0.1, -0.05) is 19.8 Å². The van der Waals surface area contributed by atoms with E-state index in [2.05, 4.69) is 0 Å². The smallest absolute Gasteiger partial charge is 0.261 e. The van der Waals surface area contributed by atoms with Crippen LogP contribution in [0.1, 0.15) is 49.4 Å². The van der Waals surface area contributed by atoms with Gasteiger partial charge in [0, 0.05) is 31.1 Å². The molecule has 2 amide bonds. The van der Waals surface area contributed by atoms with E-state index in [1.54, 1.807) is 29.2 Å². The summed E-state index contributed by atoms with van der Waals surface area (Å²) in [4.78, 5) is 39.8. The Morgan fingerprint density at radius 2 is 1.81 bits per heavy atom. The SMILES string of the molecule is CCC(=O)c1ccc(OCC(=O)N2CCN(C3CCCC3)C(=O)C2)cc1. The molecule has 1 aliphatic heterocycles. The maximum absolute atomic E-state index is 12.4. The first kappa shape index (κ1) is 18.4. The van der Waals surface area contributed by atoms with Gasteiger partial charge in [-0.25, -0.2) is 0 Å². The first-order chi connectivity index (χ1) is 12.6. The van der Waals surface area contributed by atoms with Gasteiger partial charge in [-0.3, -0.25) is 14.4 Å². The highest BCUT2D eigenvalue weighted by atomic mass is 16.5. The van der Waals surface area contributed by atoms with Crippen molar-refractivity contribution < 1.29 is 19.1 Å². The minimum atomic E-state index is -0.182. The number of ether oxygens (including phenoxy) is 1. The second kappa shape index (κ2) is 8.34. The van der Waals surface area contributed by atoms with Gasteiger partial charge in [-0.05, 0) is 37.1 Å². The minimum Gasteiger partial charge on any atom is -0.484 e. The molecule has 0 aromatic heterocycles. The summed E-state index contributed by atoms with van der Waals surface area (Å²) in [6, 6.07) is 7.16. The van der Waals surface area contributed by atoms with Crippen LogP contribution in [0.15, 0.2) is 24.3 Å². The minimum absolute atomic E-state index is 0.0407. The van der Waals surface area contributed by atoms with Gasteiger partial charge >= 0.3 is 0 Å². The average molecular weight is 358 g/mol. The lowest BCUT2D eigenvalue weighted by Gasteiger charge is -2.37. The van der Waals surface area contributed by atoms with Crippen LogP contribution in [0.5, 0.6) is 5.75 Å². The average Bonchev–Trinajstić information content (AvgIpc) is 3.20. The highest BCUT2D eigenvalue weighted by Crippen LogP contribution is 2.25. The predicted molar refractivity (Wildman–Crippen MR) is 97.1 cm³/mol. The standard InChI is InChI=1S/C20H26N2O4/c1-2-18(23)15-7-9-17(10-8-15)26-14-20(25)21-11-12-22(19(24)13-21)16-5-3-4-6-16/h7-10,16H,2-6,11-14H2,1H3. The van der Waals surface area contributed by atoms with E-state index in [1.807, 2.05) is 11.8 Å². The molecule has 1 saturated carbocycles. The van der Waals surface area contributed by atoms with E-state index in [0.717, 1.165) is 12.8 Å². The van der Waals surface area contributed by atoms with Crippen molar-refractivity contribution in [3.8, 4) is 5.75 Å². The molecule has 3 rings (SSSR count). The molecule has 1 heterocycles. The van der Waals surface area contributed by atoms with Gasteiger partial charge in [0.05, 0.1) is 6.54 Å². The Morgan fingerprint density at radius 3 is 2.42 bits per heavy atom. The zero-order valence-corrected chi connectivity index (χ0v) is 15.3. The number of hydrogen-bond acceptors (Lipinski definition) is 4. The number of piperazine rings is 1. The van der Waals surface area contributed by atoms with Crippen molar-refractivity contribution in [2.45, 2.75) is 45.1 Å². The molecule has 0 N–H and O–H groups in total. The zero-order valence-electron chi connectivity index (χ0n) is 15.3. The fourth-order valence-electron chi connectivity index (χ4n) is 3.68. The number of nitrogens with zero attached hydrogens (tertiary/aromatic N) is 2. The monoisotopic (exact) mass is 358 g/mol. The maximum Gasteiger partial charge on any atom is 0.261 e. The van der Waals surface area contributed by atoms with Crippen LogP contribution < -0.4 is 4.74 Å². The number of carbonyl (C=O) groups is 3. The second-order valence-electron chi connectivity index (χ2n) is 6.93. The third kappa shape index (κ3) is 4.23. The van der Waals surface area contributed by atoms with Crippen molar-refractivity contribution in [2.24, 2.45) is 0 Å². The molecule has 0 bridgehead atoms. The molecule has 1 saturated heterocycles. The molecule has 0 atom stereocenters. The van der Waals surface area contributed by atoms with Crippen LogP contribution in [-0.4, -0.2) is 59.7 Å². The van der Waals surface area contributed by atoms with Gasteiger partial charge in [0.15, 0.2) is 12.4 Å². The topological polar surface area (TPSA) is 66.9 Å². The fraction of sp³-hybridized carbons (Fsp3) is 0.550. The Bertz CT molecular complexity index is 665. The van der Waals surface area contributed by atoms with Gasteiger partial charge in [0.1, 0.15) is 5.75 Å². The van der Waals surface area contributed by atoms with Crippen LogP contribution in [0.25, 0.3) is 0 Å². The molecule has 2 fully saturated rings. The molecular weight excluding hydrogens is 332 g/mol. The first-order valence-corrected chi connectivity index (χ1v) is 9.41. The molecule has 1 aliphatic carbocycles. The lowest BCUT2D eigenvalue weighted by Crippen LogP contribution is -2.55. The fourth-order valence-corrected chi connectivity index (χ4v) is 3.68. The van der Waals surface area contributed by atoms with E-state index in [4.69, 9.17) is 4.74 Å². The molecule has 0 spiro atoms. The summed E-state index contributed by atoms with van der Waals surface area (Å²) < 4.78 is 5.52. The van der Waals surface area contributed by atoms with E-state index in [0.29, 0.717) is 36.9 Å². The maximum atomic E-state index is 12.4. The molecule has 0 unspecified atom stereocenters. The largest absolute Gasteiger partial charge is 0.484 e. The normalized spacial score (nSPS) is 18.3. The number of carbonyl (C=O) groups excluding carboxylic acids is 3. The van der Waals surface area contributed by atoms with Crippen molar-refractivity contribution in [1.82, 2.24) is 9.80 Å². The predicted octanol–water partition coefficient (Wildman–Crippen LogP) is 2.27. The van der Waals surface area contributed by atoms with Gasteiger partial charge < -0.3 is 14.5 Å². The number of amides is 2. The van der Waals surface area contributed by atoms with Crippen molar-refractivity contribution in [1.29, 1.82) is 0 Å². The molecule has 0 radical (unpaired) electrons. The van der Waals surface area contributed by atoms with Crippen molar-refractivity contribution in [2.75, 3.05) is 26.2 Å². The van der Waals surface area contributed by atoms with Crippen molar-refractivity contribution in [3.63, 3.8) is 0 Å². The van der Waals surface area contributed by atoms with Crippen LogP contribution >= 0.6 is 0 Å². The zero-order chi connectivity index (χ0) is 18.5. The Morgan fingerprint density at radius 1 is 1.12 bits per heavy atom. The molecule has 26 heavy (non-hydrogen) atoms. The lowest BCUT2D eigenvalue weighted by atomic mass is 10.1. The van der Waals surface area contributed by atoms with Crippen LogP contribution in [0, 0.1) is 0 Å². The van der Waals surface area contributed by atoms with Gasteiger partial charge in [0.2, 0.25) is 5.91 Å². The molecule has 140 valence electrons. The van der Waals surface area contributed by atoms with E-state index < -0.39 is 0 Å². The molecule has 1 aromatic rings. The summed E-state index contributed by atoms with van der Waals surface area (Å²) in [5.74, 6) is 0.477. The van der Waals surface area contributed by atoms with Crippen LogP contribution in [0.4, 0.5) is 0 Å². The van der Waals surface area contributed by atoms with Crippen LogP contribution in [0.2, 0.25) is 0 Å². The van der Waals surface area contributed by atoms with Crippen molar-refractivity contribution >= 4 is 17.6 Å². The summed E-state index contributed by atoms with van der Waals surface area (Å²) in [7, 11) is 0. The van der Waals surface area contributed by atoms with E-state index in [9.17, 15) is 14.4 Å². The number of Topliss-reactive ketones (excluding diaryl/α,β-unsaturated/α-hetero) is 1. The summed E-state index contributed by atoms with van der Waals surface area (Å²) >= 11 is 0. The highest BCUT2D eigenvalue weighted by molar-refractivity contribution is 5.95. The third-order valence-electron chi connectivity index (χ3n) is 5.24. The Kier molecular flexibility index (Phi) is 5.91. The van der Waals surface area contributed by atoms with Gasteiger partial charge in [-0.15, -0.1) is 0 Å². The summed E-state index contributed by atoms with van der Waals surface area (Å²) in [6.07, 6.45) is 5.00. The molecule has 6 heteroatoms. The molecule has 6 nitrogen and oxygen atoms in total. The quantitative estimate of drug-likeness (QED) is 0.732. The van der Waals surface area contributed by atoms with Crippen LogP contribution in [0.3, 0.4) is 0 Å². The van der Waals surface area contributed by atoms with Gasteiger partial charge in [-0.2, -0.15) is 0 Å². The van der Waals surface area contributed by atoms with Crippen molar-refractivity contribution in [3.05, 3.63) is 29.8 Å². The van der Waals surface area contributed by atoms with E-state index in [-0.39, 0.29) is 30.7 Å². The lowest BCUT2D eigenvalue weighted by molar-refractivity contribution is -0.148. The summed E-state index contributed by atoms with van der Waals surface area (Å²) in [5, 5.41) is 0. The Hall–Kier alpha value is -2.37. The number of ketones is 1. The Labute approximate surface area is 154 Å². The number of rotatable bonds is 6. The van der Waals surface area contributed by atoms with Crippen LogP contribution in [-0.2, 0) is 9.59 Å². The Balaban J connectivity index is 1.48. The van der Waals surface area contributed by atoms with E-state index in [1.165, 1.54) is 12.8 Å². The van der Waals surface area contributed by atoms with Gasteiger partial charge in [0.25, 0.3) is 5.91 Å². The first-order valence-electron chi connectivity index (χ1n) is 9.41. The number of benzene rings is 1. The summed E-state index contributed by atoms with van der Waals surface area (Å²) in [6.45, 7) is 3.04. The molecule has 2 aliphatic rings.